The highest BCUT2D eigenvalue weighted by Crippen LogP contribution is 2.41. The zero-order chi connectivity index (χ0) is 25.8. The first-order chi connectivity index (χ1) is 15.6. The number of carbonyl (C=O) groups is 1. The van der Waals surface area contributed by atoms with Crippen molar-refractivity contribution in [1.29, 1.82) is 0 Å². The van der Waals surface area contributed by atoms with Gasteiger partial charge in [-0.1, -0.05) is 0 Å². The lowest BCUT2D eigenvalue weighted by molar-refractivity contribution is -0.976. The Morgan fingerprint density at radius 1 is 1.18 bits per heavy atom. The van der Waals surface area contributed by atoms with Gasteiger partial charge in [0.25, 0.3) is 5.92 Å². The molecule has 11 nitrogen and oxygen atoms in total. The molecule has 1 aromatic carbocycles. The van der Waals surface area contributed by atoms with Crippen LogP contribution in [0.3, 0.4) is 0 Å². The molecule has 0 spiro atoms. The molecular formula is C18H19F5N2O9+2. The van der Waals surface area contributed by atoms with Gasteiger partial charge in [-0.2, -0.15) is 4.84 Å². The normalized spacial score (nSPS) is 16.4. The van der Waals surface area contributed by atoms with Crippen molar-refractivity contribution < 1.29 is 65.8 Å². The van der Waals surface area contributed by atoms with Crippen LogP contribution in [0.15, 0.2) is 17.7 Å². The maximum absolute atomic E-state index is 14.3. The number of fused-ring (bicyclic) bond motifs is 1. The summed E-state index contributed by atoms with van der Waals surface area (Å²) in [6.07, 6.45) is -7.96. The van der Waals surface area contributed by atoms with E-state index in [1.165, 1.54) is 6.92 Å². The quantitative estimate of drug-likeness (QED) is 0.292. The number of rotatable bonds is 10. The van der Waals surface area contributed by atoms with Crippen molar-refractivity contribution >= 4 is 12.0 Å². The van der Waals surface area contributed by atoms with Gasteiger partial charge in [-0.25, -0.2) is 23.6 Å². The first-order valence-corrected chi connectivity index (χ1v) is 9.27. The number of hydrogen-bond donors (Lipinski definition) is 1. The average Bonchev–Trinajstić information content (AvgIpc) is 2.66. The molecule has 34 heavy (non-hydrogen) atoms. The molecule has 1 aromatic rings. The van der Waals surface area contributed by atoms with Crippen LogP contribution >= 0.6 is 0 Å². The molecule has 0 aromatic heterocycles. The van der Waals surface area contributed by atoms with Crippen molar-refractivity contribution in [3.63, 3.8) is 0 Å². The largest absolute Gasteiger partial charge is 0.573 e. The number of hydrogen-bond acceptors (Lipinski definition) is 8. The third-order valence-electron chi connectivity index (χ3n) is 4.12. The molecule has 0 fully saturated rings. The molecule has 0 saturated heterocycles. The van der Waals surface area contributed by atoms with Crippen LogP contribution in [0.5, 0.6) is 11.5 Å². The number of benzene rings is 1. The molecule has 0 bridgehead atoms. The highest BCUT2D eigenvalue weighted by molar-refractivity contribution is 5.96. The topological polar surface area (TPSA) is 124 Å². The fourth-order valence-corrected chi connectivity index (χ4v) is 2.87. The van der Waals surface area contributed by atoms with Crippen LogP contribution in [0.1, 0.15) is 18.1 Å². The van der Waals surface area contributed by atoms with Gasteiger partial charge in [0.15, 0.2) is 12.2 Å². The Hall–Kier alpha value is -3.72. The Bertz CT molecular complexity index is 973. The second-order valence-corrected chi connectivity index (χ2v) is 7.06. The molecule has 1 unspecified atom stereocenters. The summed E-state index contributed by atoms with van der Waals surface area (Å²) in [5.74, 6) is -6.01. The van der Waals surface area contributed by atoms with Crippen molar-refractivity contribution in [3.05, 3.63) is 38.6 Å². The number of nitrogens with zero attached hydrogens (tertiary/aromatic N) is 2. The summed E-state index contributed by atoms with van der Waals surface area (Å²) in [6, 6.07) is 1.74. The molecule has 16 heteroatoms. The Balaban J connectivity index is 2.42. The van der Waals surface area contributed by atoms with Gasteiger partial charge in [-0.3, -0.25) is 0 Å². The summed E-state index contributed by atoms with van der Waals surface area (Å²) in [5.41, 5.74) is -0.963. The van der Waals surface area contributed by atoms with Crippen molar-refractivity contribution in [3.8, 4) is 11.5 Å². The summed E-state index contributed by atoms with van der Waals surface area (Å²) in [7, 11) is 0.927. The third-order valence-corrected chi connectivity index (χ3v) is 4.12. The monoisotopic (exact) mass is 502 g/mol. The fraction of sp³-hybridized carbons (Fsp3) is 0.500. The molecule has 1 aliphatic heterocycles. The first-order valence-electron chi connectivity index (χ1n) is 9.27. The second kappa shape index (κ2) is 10.0. The number of halogens is 5. The number of ether oxygens (including phenoxy) is 3. The van der Waals surface area contributed by atoms with Crippen LogP contribution in [0.25, 0.3) is 6.08 Å². The molecule has 1 N–H and O–H groups in total. The number of alkyl halides is 5. The minimum atomic E-state index is -5.04. The van der Waals surface area contributed by atoms with Crippen molar-refractivity contribution in [2.45, 2.75) is 38.3 Å². The maximum atomic E-state index is 14.3. The average molecular weight is 502 g/mol. The van der Waals surface area contributed by atoms with Crippen molar-refractivity contribution in [2.75, 3.05) is 20.3 Å². The molecule has 0 saturated carbocycles. The molecule has 188 valence electrons. The van der Waals surface area contributed by atoms with Gasteiger partial charge in [-0.15, -0.1) is 13.2 Å². The van der Waals surface area contributed by atoms with Crippen LogP contribution in [0.4, 0.5) is 22.0 Å². The zero-order valence-electron chi connectivity index (χ0n) is 17.8. The number of esters is 1. The van der Waals surface area contributed by atoms with Gasteiger partial charge < -0.3 is 14.2 Å². The Morgan fingerprint density at radius 2 is 1.79 bits per heavy atom. The van der Waals surface area contributed by atoms with E-state index in [0.29, 0.717) is 6.92 Å². The van der Waals surface area contributed by atoms with Gasteiger partial charge in [0.2, 0.25) is 25.2 Å². The zero-order valence-corrected chi connectivity index (χ0v) is 17.8. The Labute approximate surface area is 187 Å². The predicted octanol–water partition coefficient (Wildman–Crippen LogP) is 3.05. The molecule has 2 rings (SSSR count). The van der Waals surface area contributed by atoms with Gasteiger partial charge in [0.1, 0.15) is 16.4 Å². The van der Waals surface area contributed by atoms with Gasteiger partial charge >= 0.3 is 17.4 Å². The van der Waals surface area contributed by atoms with Crippen molar-refractivity contribution in [1.82, 2.24) is 0 Å². The summed E-state index contributed by atoms with van der Waals surface area (Å²) in [4.78, 5) is 42.8. The minimum Gasteiger partial charge on any atom is -0.478 e. The Kier molecular flexibility index (Phi) is 7.84. The van der Waals surface area contributed by atoms with E-state index >= 15 is 0 Å². The van der Waals surface area contributed by atoms with E-state index in [2.05, 4.69) is 14.4 Å². The maximum Gasteiger partial charge on any atom is 0.573 e. The first kappa shape index (κ1) is 26.5. The van der Waals surface area contributed by atoms with Gasteiger partial charge in [0.05, 0.1) is 10.5 Å². The summed E-state index contributed by atoms with van der Waals surface area (Å²) < 4.78 is 80.4. The van der Waals surface area contributed by atoms with Gasteiger partial charge in [-0.05, 0) is 30.7 Å². The van der Waals surface area contributed by atoms with E-state index in [1.54, 1.807) is 0 Å². The lowest BCUT2D eigenvalue weighted by atomic mass is 9.96. The fourth-order valence-electron chi connectivity index (χ4n) is 2.87. The molecule has 0 amide bonds. The highest BCUT2D eigenvalue weighted by atomic mass is 19.4. The van der Waals surface area contributed by atoms with E-state index in [1.807, 2.05) is 0 Å². The summed E-state index contributed by atoms with van der Waals surface area (Å²) >= 11 is 0. The van der Waals surface area contributed by atoms with Crippen molar-refractivity contribution in [2.24, 2.45) is 0 Å². The Morgan fingerprint density at radius 3 is 2.32 bits per heavy atom. The second-order valence-electron chi connectivity index (χ2n) is 7.06. The number of aryl methyl sites for hydroxylation is 1. The molecular weight excluding hydrogens is 483 g/mol. The van der Waals surface area contributed by atoms with Crippen LogP contribution in [0.2, 0.25) is 0 Å². The lowest BCUT2D eigenvalue weighted by Crippen LogP contribution is -2.43. The van der Waals surface area contributed by atoms with Crippen LogP contribution in [-0.2, 0) is 19.2 Å². The lowest BCUT2D eigenvalue weighted by Gasteiger charge is -2.31. The summed E-state index contributed by atoms with van der Waals surface area (Å²) in [6.45, 7) is 0.176. The SMILES string of the molecule is Cc1cc(OC(F)(F)F)cc2c1O[C@H](C(C)(F)F)C(C(=O)OC(CO[N+](C)=O)CO[N+](=O)O)=C2. The molecule has 0 radical (unpaired) electrons. The molecule has 1 heterocycles. The molecule has 1 aliphatic rings. The minimum absolute atomic E-state index is 0.0197. The van der Waals surface area contributed by atoms with E-state index in [9.17, 15) is 36.6 Å². The van der Waals surface area contributed by atoms with E-state index in [0.717, 1.165) is 25.3 Å². The van der Waals surface area contributed by atoms with Crippen LogP contribution in [-0.4, -0.2) is 65.9 Å². The van der Waals surface area contributed by atoms with Crippen LogP contribution in [0, 0.1) is 16.7 Å². The highest BCUT2D eigenvalue weighted by Gasteiger charge is 2.45. The standard InChI is InChI=1S/C18H19F5N2O9/c1-9-4-11(34-18(21,22)23)5-10-6-13(15(17(2,19)20)33-14(9)10)16(26)32-12(7-30-24(3)27)8-31-25(28)29/h4-6,12,15H,7-8H2,1-3H3,(H,28,29)/q+2/t12?,15-/m0/s1. The summed E-state index contributed by atoms with van der Waals surface area (Å²) in [5, 5.41) is 7.55. The predicted molar refractivity (Wildman–Crippen MR) is 97.6 cm³/mol. The third kappa shape index (κ3) is 7.41. The number of carbonyl (C=O) groups excluding carboxylic acids is 1. The molecule has 2 atom stereocenters. The van der Waals surface area contributed by atoms with Crippen LogP contribution < -0.4 is 9.47 Å². The van der Waals surface area contributed by atoms with E-state index in [-0.39, 0.29) is 21.8 Å². The van der Waals surface area contributed by atoms with E-state index < -0.39 is 60.1 Å². The van der Waals surface area contributed by atoms with Gasteiger partial charge in [0, 0.05) is 12.5 Å². The smallest absolute Gasteiger partial charge is 0.478 e. The molecule has 0 aliphatic carbocycles. The van der Waals surface area contributed by atoms with E-state index in [4.69, 9.17) is 14.7 Å².